The Bertz CT molecular complexity index is 316. The summed E-state index contributed by atoms with van der Waals surface area (Å²) in [4.78, 5) is 12.6. The molecule has 94 valence electrons. The van der Waals surface area contributed by atoms with Crippen LogP contribution < -0.4 is 11.1 Å². The van der Waals surface area contributed by atoms with Crippen molar-refractivity contribution in [3.05, 3.63) is 30.3 Å². The number of nitrogens with one attached hydrogen (secondary N) is 1. The Kier molecular flexibility index (Phi) is 7.51. The fourth-order valence-corrected chi connectivity index (χ4v) is 2.18. The number of carbonyl (C=O) groups excluding carboxylic acids is 1. The molecule has 3 N–H and O–H groups in total. The summed E-state index contributed by atoms with van der Waals surface area (Å²) in [5.41, 5.74) is 5.37. The molecule has 0 radical (unpaired) electrons. The maximum absolute atomic E-state index is 11.4. The van der Waals surface area contributed by atoms with Crippen LogP contribution in [0.3, 0.4) is 0 Å². The van der Waals surface area contributed by atoms with Crippen LogP contribution >= 0.6 is 11.8 Å². The summed E-state index contributed by atoms with van der Waals surface area (Å²) in [6.45, 7) is 1.39. The fraction of sp³-hybridized carbons (Fsp3) is 0.462. The van der Waals surface area contributed by atoms with E-state index in [9.17, 15) is 4.79 Å². The SMILES string of the molecule is NCCCCC(=O)NCCSc1ccccc1. The van der Waals surface area contributed by atoms with Gasteiger partial charge in [0.05, 0.1) is 0 Å². The van der Waals surface area contributed by atoms with E-state index in [1.54, 1.807) is 11.8 Å². The molecule has 0 atom stereocenters. The van der Waals surface area contributed by atoms with Crippen molar-refractivity contribution in [2.75, 3.05) is 18.8 Å². The number of hydrogen-bond donors (Lipinski definition) is 2. The van der Waals surface area contributed by atoms with Crippen LogP contribution in [0, 0.1) is 0 Å². The van der Waals surface area contributed by atoms with Crippen molar-refractivity contribution < 1.29 is 4.79 Å². The van der Waals surface area contributed by atoms with E-state index in [0.29, 0.717) is 13.0 Å². The summed E-state index contributed by atoms with van der Waals surface area (Å²) in [5, 5.41) is 2.91. The lowest BCUT2D eigenvalue weighted by Crippen LogP contribution is -2.25. The van der Waals surface area contributed by atoms with Gasteiger partial charge >= 0.3 is 0 Å². The summed E-state index contributed by atoms with van der Waals surface area (Å²) >= 11 is 1.76. The first-order valence-corrected chi connectivity index (χ1v) is 6.96. The quantitative estimate of drug-likeness (QED) is 0.550. The van der Waals surface area contributed by atoms with Crippen molar-refractivity contribution in [2.24, 2.45) is 5.73 Å². The van der Waals surface area contributed by atoms with Crippen molar-refractivity contribution in [1.82, 2.24) is 5.32 Å². The van der Waals surface area contributed by atoms with Crippen molar-refractivity contribution in [3.8, 4) is 0 Å². The molecule has 17 heavy (non-hydrogen) atoms. The zero-order chi connectivity index (χ0) is 12.3. The number of amides is 1. The second-order valence-corrected chi connectivity index (χ2v) is 4.93. The van der Waals surface area contributed by atoms with Crippen LogP contribution in [0.2, 0.25) is 0 Å². The normalized spacial score (nSPS) is 10.2. The van der Waals surface area contributed by atoms with Gasteiger partial charge in [-0.3, -0.25) is 4.79 Å². The first kappa shape index (κ1) is 14.1. The van der Waals surface area contributed by atoms with Gasteiger partial charge in [0.15, 0.2) is 0 Å². The second-order valence-electron chi connectivity index (χ2n) is 3.76. The van der Waals surface area contributed by atoms with Crippen LogP contribution in [-0.2, 0) is 4.79 Å². The molecule has 0 aromatic heterocycles. The van der Waals surface area contributed by atoms with E-state index in [2.05, 4.69) is 17.4 Å². The van der Waals surface area contributed by atoms with Gasteiger partial charge in [-0.1, -0.05) is 18.2 Å². The average Bonchev–Trinajstić information content (AvgIpc) is 2.36. The summed E-state index contributed by atoms with van der Waals surface area (Å²) in [6, 6.07) is 10.2. The predicted octanol–water partition coefficient (Wildman–Crippen LogP) is 2.02. The molecular weight excluding hydrogens is 232 g/mol. The molecule has 0 fully saturated rings. The van der Waals surface area contributed by atoms with Gasteiger partial charge in [0.1, 0.15) is 0 Å². The third-order valence-electron chi connectivity index (χ3n) is 2.29. The minimum absolute atomic E-state index is 0.132. The first-order valence-electron chi connectivity index (χ1n) is 5.97. The lowest BCUT2D eigenvalue weighted by Gasteiger charge is -2.04. The van der Waals surface area contributed by atoms with Gasteiger partial charge in [0, 0.05) is 23.6 Å². The van der Waals surface area contributed by atoms with Gasteiger partial charge in [0.25, 0.3) is 0 Å². The Labute approximate surface area is 107 Å². The van der Waals surface area contributed by atoms with Crippen molar-refractivity contribution in [2.45, 2.75) is 24.2 Å². The standard InChI is InChI=1S/C13H20N2OS/c14-9-5-4-8-13(16)15-10-11-17-12-6-2-1-3-7-12/h1-3,6-7H,4-5,8-11,14H2,(H,15,16). The van der Waals surface area contributed by atoms with Gasteiger partial charge in [-0.25, -0.2) is 0 Å². The summed E-state index contributed by atoms with van der Waals surface area (Å²) in [7, 11) is 0. The number of nitrogens with two attached hydrogens (primary N) is 1. The van der Waals surface area contributed by atoms with E-state index in [-0.39, 0.29) is 5.91 Å². The smallest absolute Gasteiger partial charge is 0.220 e. The molecule has 3 nitrogen and oxygen atoms in total. The van der Waals surface area contributed by atoms with E-state index in [0.717, 1.165) is 25.1 Å². The van der Waals surface area contributed by atoms with Crippen LogP contribution in [0.15, 0.2) is 35.2 Å². The molecule has 0 unspecified atom stereocenters. The highest BCUT2D eigenvalue weighted by Crippen LogP contribution is 2.15. The van der Waals surface area contributed by atoms with E-state index < -0.39 is 0 Å². The molecule has 4 heteroatoms. The van der Waals surface area contributed by atoms with E-state index in [1.807, 2.05) is 18.2 Å². The molecule has 0 aliphatic carbocycles. The number of unbranched alkanes of at least 4 members (excludes halogenated alkanes) is 1. The van der Waals surface area contributed by atoms with E-state index >= 15 is 0 Å². The third-order valence-corrected chi connectivity index (χ3v) is 3.31. The largest absolute Gasteiger partial charge is 0.355 e. The van der Waals surface area contributed by atoms with E-state index in [4.69, 9.17) is 5.73 Å². The molecule has 0 heterocycles. The molecule has 0 aliphatic heterocycles. The Morgan fingerprint density at radius 1 is 1.24 bits per heavy atom. The molecule has 0 spiro atoms. The molecule has 1 aromatic carbocycles. The minimum atomic E-state index is 0.132. The van der Waals surface area contributed by atoms with Crippen molar-refractivity contribution >= 4 is 17.7 Å². The summed E-state index contributed by atoms with van der Waals surface area (Å²) in [5.74, 6) is 1.04. The van der Waals surface area contributed by atoms with Crippen LogP contribution in [0.1, 0.15) is 19.3 Å². The lowest BCUT2D eigenvalue weighted by atomic mass is 10.2. The summed E-state index contributed by atoms with van der Waals surface area (Å²) < 4.78 is 0. The monoisotopic (exact) mass is 252 g/mol. The number of benzene rings is 1. The third kappa shape index (κ3) is 7.02. The van der Waals surface area contributed by atoms with Crippen LogP contribution in [0.4, 0.5) is 0 Å². The maximum atomic E-state index is 11.4. The summed E-state index contributed by atoms with van der Waals surface area (Å²) in [6.07, 6.45) is 2.40. The van der Waals surface area contributed by atoms with Gasteiger partial charge in [-0.05, 0) is 31.5 Å². The molecule has 1 rings (SSSR count). The van der Waals surface area contributed by atoms with Crippen LogP contribution in [0.25, 0.3) is 0 Å². The molecule has 0 aliphatic rings. The number of carbonyl (C=O) groups is 1. The minimum Gasteiger partial charge on any atom is -0.355 e. The topological polar surface area (TPSA) is 55.1 Å². The number of thioether (sulfide) groups is 1. The fourth-order valence-electron chi connectivity index (χ4n) is 1.39. The van der Waals surface area contributed by atoms with Gasteiger partial charge < -0.3 is 11.1 Å². The Morgan fingerprint density at radius 3 is 2.71 bits per heavy atom. The molecule has 0 saturated carbocycles. The Balaban J connectivity index is 2.02. The molecule has 1 aromatic rings. The number of rotatable bonds is 8. The molecule has 0 bridgehead atoms. The highest BCUT2D eigenvalue weighted by atomic mass is 32.2. The average molecular weight is 252 g/mol. The van der Waals surface area contributed by atoms with Gasteiger partial charge in [-0.15, -0.1) is 11.8 Å². The van der Waals surface area contributed by atoms with Crippen molar-refractivity contribution in [1.29, 1.82) is 0 Å². The van der Waals surface area contributed by atoms with Gasteiger partial charge in [-0.2, -0.15) is 0 Å². The van der Waals surface area contributed by atoms with Crippen molar-refractivity contribution in [3.63, 3.8) is 0 Å². The van der Waals surface area contributed by atoms with E-state index in [1.165, 1.54) is 4.90 Å². The Hall–Kier alpha value is -1.00. The molecule has 1 amide bonds. The molecule has 0 saturated heterocycles. The number of hydrogen-bond acceptors (Lipinski definition) is 3. The Morgan fingerprint density at radius 2 is 2.00 bits per heavy atom. The van der Waals surface area contributed by atoms with Gasteiger partial charge in [0.2, 0.25) is 5.91 Å². The molecular formula is C13H20N2OS. The highest BCUT2D eigenvalue weighted by molar-refractivity contribution is 7.99. The van der Waals surface area contributed by atoms with Crippen LogP contribution in [-0.4, -0.2) is 24.7 Å². The highest BCUT2D eigenvalue weighted by Gasteiger charge is 1.99. The second kappa shape index (κ2) is 9.07. The zero-order valence-corrected chi connectivity index (χ0v) is 10.8. The predicted molar refractivity (Wildman–Crippen MR) is 73.1 cm³/mol. The lowest BCUT2D eigenvalue weighted by molar-refractivity contribution is -0.121. The first-order chi connectivity index (χ1) is 8.33. The van der Waals surface area contributed by atoms with Crippen LogP contribution in [0.5, 0.6) is 0 Å². The zero-order valence-electron chi connectivity index (χ0n) is 10.0. The maximum Gasteiger partial charge on any atom is 0.220 e.